The largest absolute Gasteiger partial charge is 0.395 e. The highest BCUT2D eigenvalue weighted by molar-refractivity contribution is 5.80. The number of nitrogens with zero attached hydrogens (tertiary/aromatic N) is 1. The van der Waals surface area contributed by atoms with Crippen molar-refractivity contribution < 1.29 is 14.3 Å². The van der Waals surface area contributed by atoms with Crippen molar-refractivity contribution in [1.29, 1.82) is 0 Å². The normalized spacial score (nSPS) is 17.2. The van der Waals surface area contributed by atoms with Crippen molar-refractivity contribution in [2.45, 2.75) is 24.8 Å². The SMILES string of the molecule is O=C1NCc2cc(C#Cc3ccc(C4(CO)CC4)cc3F)cn21. The summed E-state index contributed by atoms with van der Waals surface area (Å²) < 4.78 is 15.7. The summed E-state index contributed by atoms with van der Waals surface area (Å²) in [6.45, 7) is 0.544. The number of carbonyl (C=O) groups excluding carboxylic acids is 1. The third-order valence-corrected chi connectivity index (χ3v) is 4.62. The Bertz CT molecular complexity index is 869. The van der Waals surface area contributed by atoms with Crippen LogP contribution in [-0.2, 0) is 12.0 Å². The number of carbonyl (C=O) groups is 1. The standard InChI is InChI=1S/C18H15FN2O2/c19-16-8-14(18(11-22)5-6-18)4-3-13(16)2-1-12-7-15-9-20-17(23)21(15)10-12/h3-4,7-8,10,22H,5-6,9,11H2,(H,20,23). The molecule has 23 heavy (non-hydrogen) atoms. The molecule has 116 valence electrons. The number of aromatic nitrogens is 1. The van der Waals surface area contributed by atoms with E-state index in [1.807, 2.05) is 12.1 Å². The summed E-state index contributed by atoms with van der Waals surface area (Å²) in [7, 11) is 0. The van der Waals surface area contributed by atoms with Crippen LogP contribution in [0, 0.1) is 17.7 Å². The minimum atomic E-state index is -0.376. The summed E-state index contributed by atoms with van der Waals surface area (Å²) in [5, 5.41) is 12.1. The average molecular weight is 310 g/mol. The van der Waals surface area contributed by atoms with E-state index in [0.29, 0.717) is 17.7 Å². The molecular formula is C18H15FN2O2. The molecule has 2 heterocycles. The third-order valence-electron chi connectivity index (χ3n) is 4.62. The molecule has 1 saturated carbocycles. The number of rotatable bonds is 2. The molecule has 4 nitrogen and oxygen atoms in total. The molecule has 1 aromatic carbocycles. The highest BCUT2D eigenvalue weighted by atomic mass is 19.1. The first-order chi connectivity index (χ1) is 11.1. The summed E-state index contributed by atoms with van der Waals surface area (Å²) in [6, 6.07) is 6.62. The van der Waals surface area contributed by atoms with Crippen LogP contribution in [0.1, 0.15) is 35.2 Å². The van der Waals surface area contributed by atoms with Crippen molar-refractivity contribution in [2.24, 2.45) is 0 Å². The van der Waals surface area contributed by atoms with Gasteiger partial charge < -0.3 is 10.4 Å². The zero-order valence-electron chi connectivity index (χ0n) is 12.4. The van der Waals surface area contributed by atoms with Gasteiger partial charge in [-0.3, -0.25) is 4.57 Å². The molecule has 2 aromatic rings. The number of fused-ring (bicyclic) bond motifs is 1. The minimum absolute atomic E-state index is 0.0514. The summed E-state index contributed by atoms with van der Waals surface area (Å²) in [6.07, 6.45) is 3.44. The van der Waals surface area contributed by atoms with E-state index in [0.717, 1.165) is 24.1 Å². The summed E-state index contributed by atoms with van der Waals surface area (Å²) in [5.74, 6) is 5.34. The number of amides is 1. The maximum Gasteiger partial charge on any atom is 0.326 e. The van der Waals surface area contributed by atoms with Crippen LogP contribution in [0.2, 0.25) is 0 Å². The number of hydrogen-bond acceptors (Lipinski definition) is 2. The van der Waals surface area contributed by atoms with Crippen molar-refractivity contribution in [3.63, 3.8) is 0 Å². The Kier molecular flexibility index (Phi) is 3.03. The molecule has 1 aliphatic carbocycles. The van der Waals surface area contributed by atoms with Gasteiger partial charge in [-0.25, -0.2) is 9.18 Å². The molecule has 0 bridgehead atoms. The van der Waals surface area contributed by atoms with Crippen LogP contribution < -0.4 is 5.32 Å². The Morgan fingerprint density at radius 1 is 1.30 bits per heavy atom. The van der Waals surface area contributed by atoms with Gasteiger partial charge in [0.1, 0.15) is 5.82 Å². The number of aliphatic hydroxyl groups is 1. The van der Waals surface area contributed by atoms with E-state index in [2.05, 4.69) is 17.2 Å². The van der Waals surface area contributed by atoms with Crippen LogP contribution >= 0.6 is 0 Å². The average Bonchev–Trinajstić information content (AvgIpc) is 3.14. The first-order valence-electron chi connectivity index (χ1n) is 7.54. The second kappa shape index (κ2) is 4.97. The smallest absolute Gasteiger partial charge is 0.326 e. The molecule has 1 aromatic heterocycles. The van der Waals surface area contributed by atoms with Crippen molar-refractivity contribution in [3.8, 4) is 11.8 Å². The van der Waals surface area contributed by atoms with Gasteiger partial charge in [-0.2, -0.15) is 0 Å². The summed E-state index contributed by atoms with van der Waals surface area (Å²) in [4.78, 5) is 11.5. The lowest BCUT2D eigenvalue weighted by Gasteiger charge is -2.12. The first kappa shape index (κ1) is 14.0. The van der Waals surface area contributed by atoms with Gasteiger partial charge in [0, 0.05) is 22.9 Å². The van der Waals surface area contributed by atoms with Gasteiger partial charge in [0.25, 0.3) is 0 Å². The number of nitrogens with one attached hydrogen (secondary N) is 1. The van der Waals surface area contributed by atoms with Crippen molar-refractivity contribution in [1.82, 2.24) is 9.88 Å². The fraction of sp³-hybridized carbons (Fsp3) is 0.278. The third kappa shape index (κ3) is 2.32. The molecule has 1 fully saturated rings. The Morgan fingerprint density at radius 3 is 2.78 bits per heavy atom. The summed E-state index contributed by atoms with van der Waals surface area (Å²) in [5.41, 5.74) is 2.45. The second-order valence-electron chi connectivity index (χ2n) is 6.13. The molecule has 0 saturated heterocycles. The van der Waals surface area contributed by atoms with Crippen LogP contribution in [0.15, 0.2) is 30.5 Å². The predicted molar refractivity (Wildman–Crippen MR) is 82.4 cm³/mol. The summed E-state index contributed by atoms with van der Waals surface area (Å²) >= 11 is 0. The highest BCUT2D eigenvalue weighted by Gasteiger charge is 2.43. The molecule has 0 radical (unpaired) electrons. The number of benzene rings is 1. The van der Waals surface area contributed by atoms with Crippen LogP contribution in [-0.4, -0.2) is 22.3 Å². The minimum Gasteiger partial charge on any atom is -0.395 e. The fourth-order valence-corrected chi connectivity index (χ4v) is 2.93. The van der Waals surface area contributed by atoms with E-state index in [-0.39, 0.29) is 23.9 Å². The molecule has 1 amide bonds. The van der Waals surface area contributed by atoms with Gasteiger partial charge in [0.05, 0.1) is 18.7 Å². The quantitative estimate of drug-likeness (QED) is 0.835. The molecule has 0 atom stereocenters. The van der Waals surface area contributed by atoms with E-state index in [9.17, 15) is 14.3 Å². The topological polar surface area (TPSA) is 54.3 Å². The van der Waals surface area contributed by atoms with Crippen molar-refractivity contribution in [3.05, 3.63) is 58.7 Å². The number of hydrogen-bond donors (Lipinski definition) is 2. The van der Waals surface area contributed by atoms with Crippen LogP contribution in [0.5, 0.6) is 0 Å². The molecule has 5 heteroatoms. The Balaban J connectivity index is 1.60. The zero-order valence-corrected chi connectivity index (χ0v) is 12.4. The molecule has 0 unspecified atom stereocenters. The van der Waals surface area contributed by atoms with Gasteiger partial charge in [-0.15, -0.1) is 0 Å². The second-order valence-corrected chi connectivity index (χ2v) is 6.13. The van der Waals surface area contributed by atoms with Crippen LogP contribution in [0.25, 0.3) is 0 Å². The van der Waals surface area contributed by atoms with E-state index in [4.69, 9.17) is 0 Å². The van der Waals surface area contributed by atoms with Crippen molar-refractivity contribution >= 4 is 6.03 Å². The monoisotopic (exact) mass is 310 g/mol. The predicted octanol–water partition coefficient (Wildman–Crippen LogP) is 2.12. The molecule has 2 N–H and O–H groups in total. The van der Waals surface area contributed by atoms with Gasteiger partial charge in [-0.05, 0) is 36.6 Å². The molecule has 2 aliphatic rings. The molecule has 0 spiro atoms. The van der Waals surface area contributed by atoms with Gasteiger partial charge in [0.2, 0.25) is 0 Å². The van der Waals surface area contributed by atoms with Crippen LogP contribution in [0.3, 0.4) is 0 Å². The lowest BCUT2D eigenvalue weighted by atomic mass is 9.95. The maximum atomic E-state index is 14.2. The van der Waals surface area contributed by atoms with Gasteiger partial charge >= 0.3 is 6.03 Å². The van der Waals surface area contributed by atoms with Gasteiger partial charge in [0.15, 0.2) is 0 Å². The Hall–Kier alpha value is -2.58. The van der Waals surface area contributed by atoms with E-state index < -0.39 is 0 Å². The maximum absolute atomic E-state index is 14.2. The number of aliphatic hydroxyl groups excluding tert-OH is 1. The van der Waals surface area contributed by atoms with E-state index in [1.54, 1.807) is 12.3 Å². The molecule has 1 aliphatic heterocycles. The fourth-order valence-electron chi connectivity index (χ4n) is 2.93. The molecule has 4 rings (SSSR count). The van der Waals surface area contributed by atoms with Crippen LogP contribution in [0.4, 0.5) is 9.18 Å². The molecular weight excluding hydrogens is 295 g/mol. The lowest BCUT2D eigenvalue weighted by Crippen LogP contribution is -2.16. The zero-order chi connectivity index (χ0) is 16.0. The lowest BCUT2D eigenvalue weighted by molar-refractivity contribution is 0.246. The van der Waals surface area contributed by atoms with E-state index in [1.165, 1.54) is 10.6 Å². The Labute approximate surface area is 132 Å². The Morgan fingerprint density at radius 2 is 2.13 bits per heavy atom. The van der Waals surface area contributed by atoms with E-state index >= 15 is 0 Å². The van der Waals surface area contributed by atoms with Crippen molar-refractivity contribution in [2.75, 3.05) is 6.61 Å². The first-order valence-corrected chi connectivity index (χ1v) is 7.54. The highest BCUT2D eigenvalue weighted by Crippen LogP contribution is 2.47. The number of halogens is 1. The van der Waals surface area contributed by atoms with Gasteiger partial charge in [-0.1, -0.05) is 17.9 Å².